The van der Waals surface area contributed by atoms with Crippen molar-refractivity contribution >= 4 is 0 Å². The van der Waals surface area contributed by atoms with Crippen LogP contribution in [0.4, 0.5) is 4.39 Å². The minimum Gasteiger partial charge on any atom is -0.206 e. The Morgan fingerprint density at radius 1 is 1.29 bits per heavy atom. The van der Waals surface area contributed by atoms with Gasteiger partial charge in [-0.1, -0.05) is 38.5 Å². The van der Waals surface area contributed by atoms with Gasteiger partial charge in [0.2, 0.25) is 0 Å². The number of hydrogen-bond donors (Lipinski definition) is 0. The topological polar surface area (TPSA) is 0 Å². The summed E-state index contributed by atoms with van der Waals surface area (Å²) < 4.78 is 14.0. The molecule has 1 aromatic rings. The van der Waals surface area contributed by atoms with Gasteiger partial charge in [-0.25, -0.2) is 4.39 Å². The minimum atomic E-state index is 0.0483. The highest BCUT2D eigenvalue weighted by Gasteiger charge is 2.23. The fraction of sp³-hybridized carbons (Fsp3) is 0.538. The Balaban J connectivity index is 2.35. The molecule has 14 heavy (non-hydrogen) atoms. The second-order valence-corrected chi connectivity index (χ2v) is 4.53. The van der Waals surface area contributed by atoms with E-state index in [4.69, 9.17) is 0 Å². The van der Waals surface area contributed by atoms with Gasteiger partial charge in [0.05, 0.1) is 0 Å². The van der Waals surface area contributed by atoms with Crippen LogP contribution in [0, 0.1) is 5.82 Å². The maximum atomic E-state index is 14.0. The van der Waals surface area contributed by atoms with E-state index in [9.17, 15) is 4.39 Å². The van der Waals surface area contributed by atoms with Gasteiger partial charge in [0.25, 0.3) is 0 Å². The van der Waals surface area contributed by atoms with E-state index in [-0.39, 0.29) is 11.7 Å². The quantitative estimate of drug-likeness (QED) is 0.658. The van der Waals surface area contributed by atoms with Crippen LogP contribution in [0.25, 0.3) is 0 Å². The van der Waals surface area contributed by atoms with E-state index in [1.807, 2.05) is 32.0 Å². The van der Waals surface area contributed by atoms with E-state index in [1.165, 1.54) is 19.3 Å². The van der Waals surface area contributed by atoms with Crippen LogP contribution < -0.4 is 0 Å². The Bertz CT molecular complexity index is 324. The Labute approximate surface area is 85.1 Å². The summed E-state index contributed by atoms with van der Waals surface area (Å²) in [5.74, 6) is 0.830. The Morgan fingerprint density at radius 3 is 2.50 bits per heavy atom. The predicted molar refractivity (Wildman–Crippen MR) is 57.1 cm³/mol. The molecule has 0 N–H and O–H groups in total. The van der Waals surface area contributed by atoms with Crippen LogP contribution >= 0.6 is 0 Å². The largest absolute Gasteiger partial charge is 0.206 e. The smallest absolute Gasteiger partial charge is 0.130 e. The number of benzene rings is 1. The minimum absolute atomic E-state index is 0.0483. The van der Waals surface area contributed by atoms with Crippen LogP contribution in [0.3, 0.4) is 0 Å². The first-order valence-electron chi connectivity index (χ1n) is 5.48. The second kappa shape index (κ2) is 3.72. The van der Waals surface area contributed by atoms with Crippen LogP contribution in [0.15, 0.2) is 18.2 Å². The van der Waals surface area contributed by atoms with Crippen LogP contribution in [-0.4, -0.2) is 0 Å². The van der Waals surface area contributed by atoms with E-state index in [0.29, 0.717) is 5.92 Å². The molecule has 0 spiro atoms. The highest BCUT2D eigenvalue weighted by molar-refractivity contribution is 5.31. The molecule has 76 valence electrons. The standard InChI is InChI=1S/C13H17F/c1-9(2)11-7-4-8-12(13(11)14)10-5-3-6-10/h4,7-10H,3,5-6H2,1-2H3. The molecule has 0 nitrogen and oxygen atoms in total. The van der Waals surface area contributed by atoms with Crippen LogP contribution in [0.5, 0.6) is 0 Å². The first kappa shape index (κ1) is 9.70. The summed E-state index contributed by atoms with van der Waals surface area (Å²) in [6.45, 7) is 4.09. The lowest BCUT2D eigenvalue weighted by atomic mass is 9.79. The van der Waals surface area contributed by atoms with Gasteiger partial charge in [0, 0.05) is 0 Å². The third-order valence-corrected chi connectivity index (χ3v) is 3.23. The molecule has 0 bridgehead atoms. The van der Waals surface area contributed by atoms with Crippen molar-refractivity contribution in [2.75, 3.05) is 0 Å². The van der Waals surface area contributed by atoms with E-state index < -0.39 is 0 Å². The van der Waals surface area contributed by atoms with Crippen molar-refractivity contribution in [1.29, 1.82) is 0 Å². The molecule has 1 fully saturated rings. The molecule has 1 aliphatic rings. The number of rotatable bonds is 2. The van der Waals surface area contributed by atoms with Crippen molar-refractivity contribution in [1.82, 2.24) is 0 Å². The van der Waals surface area contributed by atoms with Crippen molar-refractivity contribution in [3.8, 4) is 0 Å². The molecule has 0 unspecified atom stereocenters. The average Bonchev–Trinajstić information content (AvgIpc) is 2.04. The average molecular weight is 192 g/mol. The second-order valence-electron chi connectivity index (χ2n) is 4.53. The maximum Gasteiger partial charge on any atom is 0.130 e. The molecular weight excluding hydrogens is 175 g/mol. The molecule has 0 amide bonds. The van der Waals surface area contributed by atoms with Gasteiger partial charge in [0.1, 0.15) is 5.82 Å². The van der Waals surface area contributed by atoms with E-state index >= 15 is 0 Å². The SMILES string of the molecule is CC(C)c1cccc(C2CCC2)c1F. The van der Waals surface area contributed by atoms with Gasteiger partial charge in [-0.05, 0) is 35.8 Å². The highest BCUT2D eigenvalue weighted by atomic mass is 19.1. The van der Waals surface area contributed by atoms with E-state index in [0.717, 1.165) is 11.1 Å². The summed E-state index contributed by atoms with van der Waals surface area (Å²) in [4.78, 5) is 0. The van der Waals surface area contributed by atoms with Crippen LogP contribution in [0.2, 0.25) is 0 Å². The zero-order valence-electron chi connectivity index (χ0n) is 8.89. The summed E-state index contributed by atoms with van der Waals surface area (Å²) in [5, 5.41) is 0. The predicted octanol–water partition coefficient (Wildman–Crippen LogP) is 4.22. The van der Waals surface area contributed by atoms with Gasteiger partial charge in [0.15, 0.2) is 0 Å². The van der Waals surface area contributed by atoms with Gasteiger partial charge in [-0.3, -0.25) is 0 Å². The summed E-state index contributed by atoms with van der Waals surface area (Å²) in [5.41, 5.74) is 1.82. The van der Waals surface area contributed by atoms with Crippen molar-refractivity contribution in [3.05, 3.63) is 35.1 Å². The van der Waals surface area contributed by atoms with Gasteiger partial charge >= 0.3 is 0 Å². The molecule has 0 atom stereocenters. The summed E-state index contributed by atoms with van der Waals surface area (Å²) in [6.07, 6.45) is 3.59. The number of halogens is 1. The van der Waals surface area contributed by atoms with Crippen LogP contribution in [-0.2, 0) is 0 Å². The lowest BCUT2D eigenvalue weighted by molar-refractivity contribution is 0.402. The molecule has 0 heterocycles. The third kappa shape index (κ3) is 1.56. The molecule has 2 rings (SSSR count). The fourth-order valence-corrected chi connectivity index (χ4v) is 2.05. The van der Waals surface area contributed by atoms with E-state index in [1.54, 1.807) is 0 Å². The first-order chi connectivity index (χ1) is 6.70. The highest BCUT2D eigenvalue weighted by Crippen LogP contribution is 2.38. The molecule has 0 radical (unpaired) electrons. The van der Waals surface area contributed by atoms with Crippen LogP contribution in [0.1, 0.15) is 56.1 Å². The van der Waals surface area contributed by atoms with E-state index in [2.05, 4.69) is 0 Å². The lowest BCUT2D eigenvalue weighted by Crippen LogP contribution is -2.12. The molecular formula is C13H17F. The van der Waals surface area contributed by atoms with Gasteiger partial charge in [-0.15, -0.1) is 0 Å². The maximum absolute atomic E-state index is 14.0. The van der Waals surface area contributed by atoms with Crippen molar-refractivity contribution in [2.45, 2.75) is 44.9 Å². The molecule has 1 heteroatoms. The molecule has 0 aliphatic heterocycles. The first-order valence-corrected chi connectivity index (χ1v) is 5.48. The summed E-state index contributed by atoms with van der Waals surface area (Å²) in [6, 6.07) is 5.85. The normalized spacial score (nSPS) is 17.1. The molecule has 1 aliphatic carbocycles. The third-order valence-electron chi connectivity index (χ3n) is 3.23. The molecule has 0 aromatic heterocycles. The Kier molecular flexibility index (Phi) is 2.58. The van der Waals surface area contributed by atoms with Crippen molar-refractivity contribution in [3.63, 3.8) is 0 Å². The Morgan fingerprint density at radius 2 is 2.00 bits per heavy atom. The number of hydrogen-bond acceptors (Lipinski definition) is 0. The Hall–Kier alpha value is -0.850. The summed E-state index contributed by atoms with van der Waals surface area (Å²) in [7, 11) is 0. The fourth-order valence-electron chi connectivity index (χ4n) is 2.05. The molecule has 1 saturated carbocycles. The van der Waals surface area contributed by atoms with Gasteiger partial charge in [-0.2, -0.15) is 0 Å². The monoisotopic (exact) mass is 192 g/mol. The van der Waals surface area contributed by atoms with Crippen molar-refractivity contribution < 1.29 is 4.39 Å². The zero-order valence-corrected chi connectivity index (χ0v) is 8.89. The molecule has 0 saturated heterocycles. The van der Waals surface area contributed by atoms with Gasteiger partial charge < -0.3 is 0 Å². The molecule has 1 aromatic carbocycles. The van der Waals surface area contributed by atoms with Crippen molar-refractivity contribution in [2.24, 2.45) is 0 Å². The zero-order chi connectivity index (χ0) is 10.1. The summed E-state index contributed by atoms with van der Waals surface area (Å²) >= 11 is 0. The lowest BCUT2D eigenvalue weighted by Gasteiger charge is -2.27.